The Morgan fingerprint density at radius 1 is 1.25 bits per heavy atom. The third-order valence-corrected chi connectivity index (χ3v) is 4.83. The van der Waals surface area contributed by atoms with Gasteiger partial charge in [-0.1, -0.05) is 23.2 Å². The van der Waals surface area contributed by atoms with E-state index in [9.17, 15) is 4.79 Å². The fourth-order valence-corrected chi connectivity index (χ4v) is 3.40. The number of benzene rings is 1. The van der Waals surface area contributed by atoms with E-state index in [0.717, 1.165) is 10.6 Å². The Kier molecular flexibility index (Phi) is 5.38. The highest BCUT2D eigenvalue weighted by Gasteiger charge is 2.18. The maximum atomic E-state index is 12.3. The van der Waals surface area contributed by atoms with Crippen LogP contribution in [-0.2, 0) is 4.79 Å². The SMILES string of the molecule is C[C@H](Sc1ccc2c(c1)OCCO2)C(=O)Nc1ncc(Cl)cc1Cl. The molecule has 1 aliphatic rings. The zero-order valence-corrected chi connectivity index (χ0v) is 15.0. The first kappa shape index (κ1) is 17.2. The Morgan fingerprint density at radius 2 is 2.00 bits per heavy atom. The summed E-state index contributed by atoms with van der Waals surface area (Å²) in [5.41, 5.74) is 0. The fraction of sp³-hybridized carbons (Fsp3) is 0.250. The molecular formula is C16H14Cl2N2O3S. The van der Waals surface area contributed by atoms with Gasteiger partial charge in [0.2, 0.25) is 5.91 Å². The van der Waals surface area contributed by atoms with Gasteiger partial charge in [0.15, 0.2) is 17.3 Å². The van der Waals surface area contributed by atoms with Gasteiger partial charge in [-0.15, -0.1) is 11.8 Å². The highest BCUT2D eigenvalue weighted by molar-refractivity contribution is 8.00. The second-order valence-corrected chi connectivity index (χ2v) is 7.30. The van der Waals surface area contributed by atoms with Crippen LogP contribution in [0.3, 0.4) is 0 Å². The van der Waals surface area contributed by atoms with Crippen LogP contribution in [0.4, 0.5) is 5.82 Å². The van der Waals surface area contributed by atoms with Crippen LogP contribution >= 0.6 is 35.0 Å². The maximum absolute atomic E-state index is 12.3. The molecule has 8 heteroatoms. The van der Waals surface area contributed by atoms with E-state index in [1.807, 2.05) is 18.2 Å². The number of halogens is 2. The largest absolute Gasteiger partial charge is 0.486 e. The summed E-state index contributed by atoms with van der Waals surface area (Å²) < 4.78 is 11.0. The molecule has 1 amide bonds. The number of amides is 1. The van der Waals surface area contributed by atoms with Gasteiger partial charge in [0.1, 0.15) is 13.2 Å². The van der Waals surface area contributed by atoms with Crippen molar-refractivity contribution in [2.45, 2.75) is 17.1 Å². The smallest absolute Gasteiger partial charge is 0.238 e. The lowest BCUT2D eigenvalue weighted by molar-refractivity contribution is -0.115. The zero-order chi connectivity index (χ0) is 17.1. The predicted molar refractivity (Wildman–Crippen MR) is 95.6 cm³/mol. The topological polar surface area (TPSA) is 60.5 Å². The number of carbonyl (C=O) groups is 1. The molecule has 0 fully saturated rings. The van der Waals surface area contributed by atoms with E-state index in [1.54, 1.807) is 6.92 Å². The molecule has 3 rings (SSSR count). The average molecular weight is 385 g/mol. The average Bonchev–Trinajstić information content (AvgIpc) is 2.57. The quantitative estimate of drug-likeness (QED) is 0.797. The van der Waals surface area contributed by atoms with Gasteiger partial charge in [-0.2, -0.15) is 0 Å². The van der Waals surface area contributed by atoms with E-state index in [1.165, 1.54) is 24.0 Å². The Hall–Kier alpha value is -1.63. The normalized spacial score (nSPS) is 14.1. The van der Waals surface area contributed by atoms with E-state index < -0.39 is 0 Å². The van der Waals surface area contributed by atoms with Crippen LogP contribution in [0.2, 0.25) is 10.0 Å². The minimum absolute atomic E-state index is 0.202. The molecule has 0 saturated carbocycles. The van der Waals surface area contributed by atoms with E-state index in [4.69, 9.17) is 32.7 Å². The lowest BCUT2D eigenvalue weighted by Gasteiger charge is -2.19. The third kappa shape index (κ3) is 4.06. The standard InChI is InChI=1S/C16H14Cl2N2O3S/c1-9(16(21)20-15-12(18)6-10(17)8-19-15)24-11-2-3-13-14(7-11)23-5-4-22-13/h2-3,6-9H,4-5H2,1H3,(H,19,20,21)/t9-/m0/s1. The van der Waals surface area contributed by atoms with Crippen LogP contribution in [-0.4, -0.2) is 29.4 Å². The molecule has 1 atom stereocenters. The van der Waals surface area contributed by atoms with Crippen LogP contribution in [0, 0.1) is 0 Å². The first-order valence-electron chi connectivity index (χ1n) is 7.21. The minimum Gasteiger partial charge on any atom is -0.486 e. The van der Waals surface area contributed by atoms with Crippen molar-refractivity contribution < 1.29 is 14.3 Å². The van der Waals surface area contributed by atoms with Crippen LogP contribution < -0.4 is 14.8 Å². The highest BCUT2D eigenvalue weighted by atomic mass is 35.5. The molecule has 0 saturated heterocycles. The van der Waals surface area contributed by atoms with Crippen molar-refractivity contribution in [3.63, 3.8) is 0 Å². The van der Waals surface area contributed by atoms with Crippen LogP contribution in [0.15, 0.2) is 35.4 Å². The highest BCUT2D eigenvalue weighted by Crippen LogP contribution is 2.35. The van der Waals surface area contributed by atoms with E-state index in [-0.39, 0.29) is 11.2 Å². The molecule has 0 aliphatic carbocycles. The molecule has 1 N–H and O–H groups in total. The number of ether oxygens (including phenoxy) is 2. The van der Waals surface area contributed by atoms with Gasteiger partial charge in [-0.05, 0) is 31.2 Å². The molecule has 0 unspecified atom stereocenters. The Labute approximate surface area is 153 Å². The van der Waals surface area contributed by atoms with Gasteiger partial charge >= 0.3 is 0 Å². The lowest BCUT2D eigenvalue weighted by Crippen LogP contribution is -2.23. The maximum Gasteiger partial charge on any atom is 0.238 e. The van der Waals surface area contributed by atoms with Crippen LogP contribution in [0.1, 0.15) is 6.92 Å². The van der Waals surface area contributed by atoms with Crippen molar-refractivity contribution in [3.05, 3.63) is 40.5 Å². The Balaban J connectivity index is 1.65. The monoisotopic (exact) mass is 384 g/mol. The molecule has 1 aromatic carbocycles. The number of aromatic nitrogens is 1. The first-order valence-corrected chi connectivity index (χ1v) is 8.84. The number of hydrogen-bond acceptors (Lipinski definition) is 5. The summed E-state index contributed by atoms with van der Waals surface area (Å²) in [6.07, 6.45) is 1.43. The number of rotatable bonds is 4. The summed E-state index contributed by atoms with van der Waals surface area (Å²) >= 11 is 13.2. The summed E-state index contributed by atoms with van der Waals surface area (Å²) in [6, 6.07) is 7.15. The number of pyridine rings is 1. The van der Waals surface area contributed by atoms with Crippen molar-refractivity contribution in [1.29, 1.82) is 0 Å². The van der Waals surface area contributed by atoms with E-state index >= 15 is 0 Å². The molecule has 5 nitrogen and oxygen atoms in total. The Bertz CT molecular complexity index is 773. The molecule has 0 spiro atoms. The first-order chi connectivity index (χ1) is 11.5. The van der Waals surface area contributed by atoms with Crippen LogP contribution in [0.5, 0.6) is 11.5 Å². The number of thioether (sulfide) groups is 1. The van der Waals surface area contributed by atoms with Gasteiger partial charge in [0.25, 0.3) is 0 Å². The molecule has 0 bridgehead atoms. The summed E-state index contributed by atoms with van der Waals surface area (Å²) in [5, 5.41) is 3.07. The number of carbonyl (C=O) groups excluding carboxylic acids is 1. The van der Waals surface area contributed by atoms with E-state index in [2.05, 4.69) is 10.3 Å². The minimum atomic E-state index is -0.346. The molecule has 2 aromatic rings. The van der Waals surface area contributed by atoms with Crippen molar-refractivity contribution in [1.82, 2.24) is 4.98 Å². The van der Waals surface area contributed by atoms with Crippen molar-refractivity contribution >= 4 is 46.7 Å². The number of nitrogens with one attached hydrogen (secondary N) is 1. The van der Waals surface area contributed by atoms with Gasteiger partial charge in [-0.25, -0.2) is 4.98 Å². The molecule has 2 heterocycles. The molecule has 0 radical (unpaired) electrons. The lowest BCUT2D eigenvalue weighted by atomic mass is 10.3. The zero-order valence-electron chi connectivity index (χ0n) is 12.7. The van der Waals surface area contributed by atoms with E-state index in [0.29, 0.717) is 34.8 Å². The van der Waals surface area contributed by atoms with Crippen LogP contribution in [0.25, 0.3) is 0 Å². The molecule has 1 aromatic heterocycles. The van der Waals surface area contributed by atoms with Crippen molar-refractivity contribution in [2.75, 3.05) is 18.5 Å². The molecule has 1 aliphatic heterocycles. The number of fused-ring (bicyclic) bond motifs is 1. The van der Waals surface area contributed by atoms with Crippen molar-refractivity contribution in [3.8, 4) is 11.5 Å². The second-order valence-electron chi connectivity index (χ2n) is 5.04. The summed E-state index contributed by atoms with van der Waals surface area (Å²) in [6.45, 7) is 2.88. The van der Waals surface area contributed by atoms with Crippen molar-refractivity contribution in [2.24, 2.45) is 0 Å². The molecule has 126 valence electrons. The van der Waals surface area contributed by atoms with Gasteiger partial charge < -0.3 is 14.8 Å². The number of hydrogen-bond donors (Lipinski definition) is 1. The Morgan fingerprint density at radius 3 is 2.75 bits per heavy atom. The third-order valence-electron chi connectivity index (χ3n) is 3.25. The molecule has 24 heavy (non-hydrogen) atoms. The fourth-order valence-electron chi connectivity index (χ4n) is 2.08. The van der Waals surface area contributed by atoms with Gasteiger partial charge in [-0.3, -0.25) is 4.79 Å². The van der Waals surface area contributed by atoms with Gasteiger partial charge in [0.05, 0.1) is 15.3 Å². The summed E-state index contributed by atoms with van der Waals surface area (Å²) in [5.74, 6) is 1.51. The second kappa shape index (κ2) is 7.51. The number of nitrogens with zero attached hydrogens (tertiary/aromatic N) is 1. The number of anilines is 1. The summed E-state index contributed by atoms with van der Waals surface area (Å²) in [7, 11) is 0. The summed E-state index contributed by atoms with van der Waals surface area (Å²) in [4.78, 5) is 17.3. The molecular weight excluding hydrogens is 371 g/mol. The van der Waals surface area contributed by atoms with Gasteiger partial charge in [0, 0.05) is 11.1 Å². The predicted octanol–water partition coefficient (Wildman–Crippen LogP) is 4.28.